The topological polar surface area (TPSA) is 39.2 Å². The number of carbonyl (C=O) groups excluding carboxylic acids is 1. The normalized spacial score (nSPS) is 11.1. The smallest absolute Gasteiger partial charge is 0.234 e. The average Bonchev–Trinajstić information content (AvgIpc) is 2.46. The van der Waals surface area contributed by atoms with Gasteiger partial charge < -0.3 is 4.74 Å². The maximum absolute atomic E-state index is 11.0. The Morgan fingerprint density at radius 2 is 2.11 bits per heavy atom. The summed E-state index contributed by atoms with van der Waals surface area (Å²) in [4.78, 5) is 15.0. The molecular weight excluding hydrogens is 226 g/mol. The van der Waals surface area contributed by atoms with E-state index in [0.29, 0.717) is 11.3 Å². The van der Waals surface area contributed by atoms with Crippen LogP contribution in [0, 0.1) is 0 Å². The van der Waals surface area contributed by atoms with Crippen molar-refractivity contribution in [2.45, 2.75) is 0 Å². The Hall–Kier alpha value is -2.42. The maximum atomic E-state index is 11.0. The summed E-state index contributed by atoms with van der Waals surface area (Å²) in [6.07, 6.45) is 6.97. The fraction of sp³-hybridized carbons (Fsp3) is 0.0667. The second-order valence-electron chi connectivity index (χ2n) is 3.64. The lowest BCUT2D eigenvalue weighted by Crippen LogP contribution is -1.90. The van der Waals surface area contributed by atoms with Crippen LogP contribution in [0.15, 0.2) is 48.8 Å². The van der Waals surface area contributed by atoms with Gasteiger partial charge in [0.05, 0.1) is 7.11 Å². The van der Waals surface area contributed by atoms with Crippen LogP contribution in [0.2, 0.25) is 0 Å². The van der Waals surface area contributed by atoms with Gasteiger partial charge in [-0.3, -0.25) is 9.78 Å². The molecule has 0 saturated heterocycles. The highest BCUT2D eigenvalue weighted by molar-refractivity contribution is 6.13. The maximum Gasteiger partial charge on any atom is 0.234 e. The van der Waals surface area contributed by atoms with Gasteiger partial charge in [0.2, 0.25) is 6.29 Å². The highest BCUT2D eigenvalue weighted by Crippen LogP contribution is 2.23. The fourth-order valence-corrected chi connectivity index (χ4v) is 1.63. The Bertz CT molecular complexity index is 562. The van der Waals surface area contributed by atoms with E-state index >= 15 is 0 Å². The first kappa shape index (κ1) is 12.0. The van der Waals surface area contributed by atoms with Crippen molar-refractivity contribution in [2.75, 3.05) is 7.11 Å². The van der Waals surface area contributed by atoms with E-state index in [-0.39, 0.29) is 0 Å². The third-order valence-electron chi connectivity index (χ3n) is 2.52. The molecule has 0 N–H and O–H groups in total. The van der Waals surface area contributed by atoms with E-state index in [9.17, 15) is 4.79 Å². The van der Waals surface area contributed by atoms with Gasteiger partial charge in [0.25, 0.3) is 0 Å². The molecule has 1 radical (unpaired) electrons. The molecule has 18 heavy (non-hydrogen) atoms. The molecule has 0 amide bonds. The first-order valence-corrected chi connectivity index (χ1v) is 5.48. The van der Waals surface area contributed by atoms with Gasteiger partial charge in [-0.1, -0.05) is 24.3 Å². The predicted molar refractivity (Wildman–Crippen MR) is 70.8 cm³/mol. The largest absolute Gasteiger partial charge is 0.496 e. The molecule has 0 aliphatic heterocycles. The molecule has 3 nitrogen and oxygen atoms in total. The SMILES string of the molecule is COc1ccccc1C=C([C]=O)c1cccnc1. The van der Waals surface area contributed by atoms with Gasteiger partial charge in [-0.25, -0.2) is 0 Å². The number of methoxy groups -OCH3 is 1. The van der Waals surface area contributed by atoms with Gasteiger partial charge >= 0.3 is 0 Å². The van der Waals surface area contributed by atoms with E-state index in [1.165, 1.54) is 0 Å². The minimum Gasteiger partial charge on any atom is -0.496 e. The quantitative estimate of drug-likeness (QED) is 0.769. The minimum absolute atomic E-state index is 0.451. The first-order valence-electron chi connectivity index (χ1n) is 5.48. The van der Waals surface area contributed by atoms with Crippen molar-refractivity contribution in [1.82, 2.24) is 4.98 Å². The number of aromatic nitrogens is 1. The molecule has 0 aliphatic rings. The molecule has 0 unspecified atom stereocenters. The summed E-state index contributed by atoms with van der Waals surface area (Å²) in [7, 11) is 1.60. The summed E-state index contributed by atoms with van der Waals surface area (Å²) in [6.45, 7) is 0. The van der Waals surface area contributed by atoms with Crippen molar-refractivity contribution in [3.63, 3.8) is 0 Å². The van der Waals surface area contributed by atoms with Crippen LogP contribution in [-0.4, -0.2) is 18.4 Å². The van der Waals surface area contributed by atoms with E-state index in [4.69, 9.17) is 4.74 Å². The Kier molecular flexibility index (Phi) is 3.86. The monoisotopic (exact) mass is 238 g/mol. The highest BCUT2D eigenvalue weighted by Gasteiger charge is 2.04. The van der Waals surface area contributed by atoms with Crippen LogP contribution < -0.4 is 4.74 Å². The van der Waals surface area contributed by atoms with Crippen molar-refractivity contribution in [2.24, 2.45) is 0 Å². The van der Waals surface area contributed by atoms with Crippen molar-refractivity contribution in [3.05, 3.63) is 59.9 Å². The predicted octanol–water partition coefficient (Wildman–Crippen LogP) is 2.74. The number of benzene rings is 1. The molecule has 1 heterocycles. The van der Waals surface area contributed by atoms with Crippen LogP contribution in [0.1, 0.15) is 11.1 Å². The number of hydrogen-bond donors (Lipinski definition) is 0. The van der Waals surface area contributed by atoms with Crippen LogP contribution in [0.4, 0.5) is 0 Å². The molecule has 0 saturated carbocycles. The number of allylic oxidation sites excluding steroid dienone is 1. The molecule has 3 heteroatoms. The molecule has 0 fully saturated rings. The van der Waals surface area contributed by atoms with Crippen LogP contribution >= 0.6 is 0 Å². The summed E-state index contributed by atoms with van der Waals surface area (Å²) in [5, 5.41) is 0. The second-order valence-corrected chi connectivity index (χ2v) is 3.64. The Morgan fingerprint density at radius 3 is 2.78 bits per heavy atom. The summed E-state index contributed by atoms with van der Waals surface area (Å²) in [5.41, 5.74) is 2.02. The lowest BCUT2D eigenvalue weighted by atomic mass is 10.1. The third-order valence-corrected chi connectivity index (χ3v) is 2.52. The Balaban J connectivity index is 2.44. The van der Waals surface area contributed by atoms with Gasteiger partial charge in [0.15, 0.2) is 0 Å². The summed E-state index contributed by atoms with van der Waals surface area (Å²) in [5.74, 6) is 0.717. The van der Waals surface area contributed by atoms with Crippen LogP contribution in [-0.2, 0) is 4.79 Å². The fourth-order valence-electron chi connectivity index (χ4n) is 1.63. The molecule has 89 valence electrons. The number of rotatable bonds is 4. The molecule has 1 aromatic heterocycles. The summed E-state index contributed by atoms with van der Waals surface area (Å²) < 4.78 is 5.24. The van der Waals surface area contributed by atoms with E-state index in [1.54, 1.807) is 31.6 Å². The molecule has 1 aromatic carbocycles. The minimum atomic E-state index is 0.451. The third kappa shape index (κ3) is 2.63. The summed E-state index contributed by atoms with van der Waals surface area (Å²) in [6, 6.07) is 11.1. The Labute approximate surface area is 106 Å². The molecule has 2 rings (SSSR count). The van der Waals surface area contributed by atoms with Gasteiger partial charge in [0, 0.05) is 29.1 Å². The van der Waals surface area contributed by atoms with Crippen molar-refractivity contribution >= 4 is 17.9 Å². The molecule has 0 bridgehead atoms. The number of nitrogens with zero attached hydrogens (tertiary/aromatic N) is 1. The molecule has 2 aromatic rings. The molecule has 0 spiro atoms. The molecular formula is C15H12NO2. The van der Waals surface area contributed by atoms with E-state index in [1.807, 2.05) is 36.6 Å². The molecule has 0 atom stereocenters. The van der Waals surface area contributed by atoms with Crippen LogP contribution in [0.25, 0.3) is 11.6 Å². The van der Waals surface area contributed by atoms with Gasteiger partial charge in [-0.05, 0) is 18.2 Å². The standard InChI is InChI=1S/C15H12NO2/c1-18-15-7-3-2-5-12(15)9-14(11-17)13-6-4-8-16-10-13/h2-10H,1H3. The highest BCUT2D eigenvalue weighted by atomic mass is 16.5. The van der Waals surface area contributed by atoms with Crippen LogP contribution in [0.5, 0.6) is 5.75 Å². The van der Waals surface area contributed by atoms with Gasteiger partial charge in [0.1, 0.15) is 5.75 Å². The molecule has 0 aliphatic carbocycles. The van der Waals surface area contributed by atoms with E-state index in [0.717, 1.165) is 11.1 Å². The number of pyridine rings is 1. The van der Waals surface area contributed by atoms with Gasteiger partial charge in [-0.15, -0.1) is 0 Å². The zero-order chi connectivity index (χ0) is 12.8. The van der Waals surface area contributed by atoms with Gasteiger partial charge in [-0.2, -0.15) is 0 Å². The van der Waals surface area contributed by atoms with Crippen molar-refractivity contribution in [1.29, 1.82) is 0 Å². The van der Waals surface area contributed by atoms with Crippen LogP contribution in [0.3, 0.4) is 0 Å². The Morgan fingerprint density at radius 1 is 1.28 bits per heavy atom. The van der Waals surface area contributed by atoms with Crippen molar-refractivity contribution in [3.8, 4) is 5.75 Å². The lowest BCUT2D eigenvalue weighted by Gasteiger charge is -2.05. The second kappa shape index (κ2) is 5.77. The first-order chi connectivity index (χ1) is 8.85. The lowest BCUT2D eigenvalue weighted by molar-refractivity contribution is 0.414. The zero-order valence-electron chi connectivity index (χ0n) is 9.96. The van der Waals surface area contributed by atoms with Crippen molar-refractivity contribution < 1.29 is 9.53 Å². The average molecular weight is 238 g/mol. The number of para-hydroxylation sites is 1. The number of ether oxygens (including phenoxy) is 1. The van der Waals surface area contributed by atoms with E-state index < -0.39 is 0 Å². The summed E-state index contributed by atoms with van der Waals surface area (Å²) >= 11 is 0. The zero-order valence-corrected chi connectivity index (χ0v) is 9.96. The van der Waals surface area contributed by atoms with E-state index in [2.05, 4.69) is 4.98 Å². The number of hydrogen-bond acceptors (Lipinski definition) is 3.